The Morgan fingerprint density at radius 2 is 1.75 bits per heavy atom. The number of hydrogen-bond acceptors (Lipinski definition) is 7. The van der Waals surface area contributed by atoms with Gasteiger partial charge in [0.05, 0.1) is 12.4 Å². The van der Waals surface area contributed by atoms with Gasteiger partial charge >= 0.3 is 0 Å². The van der Waals surface area contributed by atoms with Crippen molar-refractivity contribution in [2.75, 3.05) is 49.1 Å². The van der Waals surface area contributed by atoms with E-state index >= 15 is 0 Å². The number of nitrogens with zero attached hydrogens (tertiary/aromatic N) is 7. The molecule has 2 aromatic rings. The number of nitriles is 1. The second-order valence-corrected chi connectivity index (χ2v) is 6.14. The van der Waals surface area contributed by atoms with Crippen molar-refractivity contribution in [1.82, 2.24) is 19.9 Å². The minimum absolute atomic E-state index is 0.362. The van der Waals surface area contributed by atoms with E-state index in [0.29, 0.717) is 11.7 Å². The maximum atomic E-state index is 8.77. The molecule has 2 aliphatic heterocycles. The third-order valence-corrected chi connectivity index (χ3v) is 4.74. The van der Waals surface area contributed by atoms with Gasteiger partial charge in [0.15, 0.2) is 5.69 Å². The van der Waals surface area contributed by atoms with Crippen LogP contribution < -0.4 is 9.80 Å². The maximum absolute atomic E-state index is 8.77. The fourth-order valence-corrected chi connectivity index (χ4v) is 3.27. The summed E-state index contributed by atoms with van der Waals surface area (Å²) in [5.74, 6) is 1.93. The average Bonchev–Trinajstić information content (AvgIpc) is 2.62. The number of aromatic nitrogens is 3. The number of rotatable bonds is 3. The molecule has 7 heteroatoms. The van der Waals surface area contributed by atoms with Crippen LogP contribution in [0.25, 0.3) is 0 Å². The zero-order chi connectivity index (χ0) is 16.4. The normalized spacial score (nSPS) is 19.0. The van der Waals surface area contributed by atoms with Crippen molar-refractivity contribution in [3.63, 3.8) is 0 Å². The van der Waals surface area contributed by atoms with E-state index in [9.17, 15) is 0 Å². The summed E-state index contributed by atoms with van der Waals surface area (Å²) in [5.41, 5.74) is 0.362. The molecule has 2 aromatic heterocycles. The molecule has 4 rings (SSSR count). The quantitative estimate of drug-likeness (QED) is 0.826. The van der Waals surface area contributed by atoms with Gasteiger partial charge < -0.3 is 9.80 Å². The first-order chi connectivity index (χ1) is 11.8. The second kappa shape index (κ2) is 6.42. The van der Waals surface area contributed by atoms with Crippen molar-refractivity contribution >= 4 is 11.6 Å². The summed E-state index contributed by atoms with van der Waals surface area (Å²) in [4.78, 5) is 19.9. The molecule has 4 heterocycles. The van der Waals surface area contributed by atoms with E-state index in [0.717, 1.165) is 50.9 Å². The molecule has 122 valence electrons. The van der Waals surface area contributed by atoms with E-state index in [2.05, 4.69) is 35.7 Å². The summed E-state index contributed by atoms with van der Waals surface area (Å²) in [6, 6.07) is 8.64. The Labute approximate surface area is 141 Å². The molecule has 0 atom stereocenters. The molecular weight excluding hydrogens is 302 g/mol. The van der Waals surface area contributed by atoms with Gasteiger partial charge in [0, 0.05) is 51.5 Å². The van der Waals surface area contributed by atoms with Gasteiger partial charge in [-0.3, -0.25) is 4.90 Å². The van der Waals surface area contributed by atoms with Crippen molar-refractivity contribution in [2.24, 2.45) is 0 Å². The van der Waals surface area contributed by atoms with Crippen LogP contribution in [0.15, 0.2) is 36.8 Å². The van der Waals surface area contributed by atoms with E-state index in [4.69, 9.17) is 5.26 Å². The minimum atomic E-state index is 0.362. The van der Waals surface area contributed by atoms with Gasteiger partial charge in [-0.25, -0.2) is 15.0 Å². The standard InChI is InChI=1S/C17H19N7/c18-9-14-10-21-17(11-20-14)24-12-15(13-24)22-5-7-23(8-6-22)16-3-1-2-4-19-16/h1-4,10-11,15H,5-8,12-13H2. The van der Waals surface area contributed by atoms with Crippen molar-refractivity contribution < 1.29 is 0 Å². The SMILES string of the molecule is N#Cc1cnc(N2CC(N3CCN(c4ccccn4)CC3)C2)cn1. The Morgan fingerprint density at radius 3 is 2.38 bits per heavy atom. The Kier molecular flexibility index (Phi) is 3.97. The Morgan fingerprint density at radius 1 is 0.917 bits per heavy atom. The highest BCUT2D eigenvalue weighted by Crippen LogP contribution is 2.23. The lowest BCUT2D eigenvalue weighted by atomic mass is 10.1. The van der Waals surface area contributed by atoms with Crippen LogP contribution in [0.2, 0.25) is 0 Å². The molecule has 0 saturated carbocycles. The molecule has 0 N–H and O–H groups in total. The molecule has 0 radical (unpaired) electrons. The van der Waals surface area contributed by atoms with Gasteiger partial charge in [0.1, 0.15) is 17.7 Å². The van der Waals surface area contributed by atoms with E-state index in [1.807, 2.05) is 24.4 Å². The summed E-state index contributed by atoms with van der Waals surface area (Å²) in [6.45, 7) is 6.12. The molecule has 2 fully saturated rings. The van der Waals surface area contributed by atoms with Gasteiger partial charge in [-0.2, -0.15) is 5.26 Å². The molecule has 0 aromatic carbocycles. The van der Waals surface area contributed by atoms with E-state index in [1.54, 1.807) is 6.20 Å². The monoisotopic (exact) mass is 321 g/mol. The van der Waals surface area contributed by atoms with Gasteiger partial charge in [-0.1, -0.05) is 6.07 Å². The molecular formula is C17H19N7. The van der Waals surface area contributed by atoms with Crippen LogP contribution in [0, 0.1) is 11.3 Å². The van der Waals surface area contributed by atoms with Crippen LogP contribution >= 0.6 is 0 Å². The van der Waals surface area contributed by atoms with E-state index < -0.39 is 0 Å². The third kappa shape index (κ3) is 2.88. The Bertz CT molecular complexity index is 711. The number of hydrogen-bond donors (Lipinski definition) is 0. The highest BCUT2D eigenvalue weighted by molar-refractivity contribution is 5.42. The molecule has 0 bridgehead atoms. The van der Waals surface area contributed by atoms with E-state index in [1.165, 1.54) is 6.20 Å². The third-order valence-electron chi connectivity index (χ3n) is 4.74. The number of anilines is 2. The largest absolute Gasteiger partial charge is 0.354 e. The predicted molar refractivity (Wildman–Crippen MR) is 90.8 cm³/mol. The Hall–Kier alpha value is -2.72. The zero-order valence-corrected chi connectivity index (χ0v) is 13.4. The summed E-state index contributed by atoms with van der Waals surface area (Å²) in [7, 11) is 0. The summed E-state index contributed by atoms with van der Waals surface area (Å²) >= 11 is 0. The van der Waals surface area contributed by atoms with Crippen LogP contribution in [0.4, 0.5) is 11.6 Å². The molecule has 0 spiro atoms. The van der Waals surface area contributed by atoms with Gasteiger partial charge in [-0.15, -0.1) is 0 Å². The van der Waals surface area contributed by atoms with Crippen molar-refractivity contribution in [3.8, 4) is 6.07 Å². The van der Waals surface area contributed by atoms with Gasteiger partial charge in [0.25, 0.3) is 0 Å². The molecule has 2 aliphatic rings. The zero-order valence-electron chi connectivity index (χ0n) is 13.4. The first-order valence-electron chi connectivity index (χ1n) is 8.20. The topological polar surface area (TPSA) is 72.2 Å². The molecule has 7 nitrogen and oxygen atoms in total. The summed E-state index contributed by atoms with van der Waals surface area (Å²) < 4.78 is 0. The molecule has 0 unspecified atom stereocenters. The van der Waals surface area contributed by atoms with Crippen LogP contribution in [0.1, 0.15) is 5.69 Å². The maximum Gasteiger partial charge on any atom is 0.158 e. The minimum Gasteiger partial charge on any atom is -0.354 e. The molecule has 2 saturated heterocycles. The lowest BCUT2D eigenvalue weighted by Crippen LogP contribution is -2.63. The summed E-state index contributed by atoms with van der Waals surface area (Å²) in [5, 5.41) is 8.77. The van der Waals surface area contributed by atoms with Crippen LogP contribution in [0.5, 0.6) is 0 Å². The number of pyridine rings is 1. The van der Waals surface area contributed by atoms with Crippen LogP contribution in [0.3, 0.4) is 0 Å². The first-order valence-corrected chi connectivity index (χ1v) is 8.20. The van der Waals surface area contributed by atoms with Crippen molar-refractivity contribution in [2.45, 2.75) is 6.04 Å². The number of piperazine rings is 1. The highest BCUT2D eigenvalue weighted by atomic mass is 15.4. The molecule has 0 aliphatic carbocycles. The fourth-order valence-electron chi connectivity index (χ4n) is 3.27. The second-order valence-electron chi connectivity index (χ2n) is 6.14. The lowest BCUT2D eigenvalue weighted by molar-refractivity contribution is 0.156. The molecule has 24 heavy (non-hydrogen) atoms. The summed E-state index contributed by atoms with van der Waals surface area (Å²) in [6.07, 6.45) is 5.08. The lowest BCUT2D eigenvalue weighted by Gasteiger charge is -2.48. The first kappa shape index (κ1) is 14.8. The van der Waals surface area contributed by atoms with Crippen LogP contribution in [-0.2, 0) is 0 Å². The molecule has 0 amide bonds. The highest BCUT2D eigenvalue weighted by Gasteiger charge is 2.34. The van der Waals surface area contributed by atoms with Gasteiger partial charge in [0.2, 0.25) is 0 Å². The van der Waals surface area contributed by atoms with Gasteiger partial charge in [-0.05, 0) is 12.1 Å². The van der Waals surface area contributed by atoms with Crippen LogP contribution in [-0.4, -0.2) is 65.2 Å². The van der Waals surface area contributed by atoms with Crippen molar-refractivity contribution in [1.29, 1.82) is 5.26 Å². The predicted octanol–water partition coefficient (Wildman–Crippen LogP) is 0.754. The fraction of sp³-hybridized carbons (Fsp3) is 0.412. The van der Waals surface area contributed by atoms with E-state index in [-0.39, 0.29) is 0 Å². The Balaban J connectivity index is 1.28. The smallest absolute Gasteiger partial charge is 0.158 e. The average molecular weight is 321 g/mol. The van der Waals surface area contributed by atoms with Crippen molar-refractivity contribution in [3.05, 3.63) is 42.5 Å².